The maximum atomic E-state index is 6.08. The number of hydrogen-bond donors (Lipinski definition) is 1. The third-order valence-electron chi connectivity index (χ3n) is 4.34. The Bertz CT molecular complexity index is 470. The predicted octanol–water partition coefficient (Wildman–Crippen LogP) is 4.90. The number of hydrogen-bond acceptors (Lipinski definition) is 2. The van der Waals surface area contributed by atoms with E-state index in [1.165, 1.54) is 5.56 Å². The predicted molar refractivity (Wildman–Crippen MR) is 86.6 cm³/mol. The van der Waals surface area contributed by atoms with Crippen molar-refractivity contribution in [3.63, 3.8) is 0 Å². The number of aryl methyl sites for hydroxylation is 1. The van der Waals surface area contributed by atoms with Crippen LogP contribution < -0.4 is 5.32 Å². The van der Waals surface area contributed by atoms with Crippen LogP contribution in [0.5, 0.6) is 0 Å². The zero-order valence-corrected chi connectivity index (χ0v) is 13.9. The standard InChI is InChI=1S/C17H26ClNO/c1-11(2)10-20-16-9-15(17(16,4)5)19-14-8-13(18)7-6-12(14)3/h6-8,11,15-16,19H,9-10H2,1-5H3. The molecular weight excluding hydrogens is 270 g/mol. The average Bonchev–Trinajstić information content (AvgIpc) is 2.36. The van der Waals surface area contributed by atoms with Crippen molar-refractivity contribution in [2.45, 2.75) is 53.2 Å². The van der Waals surface area contributed by atoms with Gasteiger partial charge in [0.25, 0.3) is 0 Å². The lowest BCUT2D eigenvalue weighted by Gasteiger charge is -2.52. The van der Waals surface area contributed by atoms with Crippen LogP contribution in [0.1, 0.15) is 39.7 Å². The fourth-order valence-corrected chi connectivity index (χ4v) is 2.83. The molecule has 0 saturated heterocycles. The number of halogens is 1. The van der Waals surface area contributed by atoms with Crippen LogP contribution in [0.25, 0.3) is 0 Å². The van der Waals surface area contributed by atoms with Gasteiger partial charge in [-0.25, -0.2) is 0 Å². The summed E-state index contributed by atoms with van der Waals surface area (Å²) in [6, 6.07) is 6.44. The normalized spacial score (nSPS) is 24.6. The zero-order valence-electron chi connectivity index (χ0n) is 13.2. The first kappa shape index (κ1) is 15.7. The van der Waals surface area contributed by atoms with Crippen LogP contribution in [-0.2, 0) is 4.74 Å². The summed E-state index contributed by atoms with van der Waals surface area (Å²) in [6.45, 7) is 11.9. The molecule has 0 aliphatic heterocycles. The van der Waals surface area contributed by atoms with Gasteiger partial charge in [0.05, 0.1) is 6.10 Å². The van der Waals surface area contributed by atoms with Crippen LogP contribution in [-0.4, -0.2) is 18.8 Å². The molecule has 1 fully saturated rings. The van der Waals surface area contributed by atoms with Gasteiger partial charge in [0.1, 0.15) is 0 Å². The molecule has 112 valence electrons. The molecule has 1 aliphatic carbocycles. The van der Waals surface area contributed by atoms with Gasteiger partial charge in [0.2, 0.25) is 0 Å². The average molecular weight is 296 g/mol. The maximum Gasteiger partial charge on any atom is 0.0665 e. The Morgan fingerprint density at radius 2 is 2.10 bits per heavy atom. The minimum absolute atomic E-state index is 0.156. The molecule has 0 aromatic heterocycles. The van der Waals surface area contributed by atoms with Crippen molar-refractivity contribution >= 4 is 17.3 Å². The first-order valence-electron chi connectivity index (χ1n) is 7.45. The first-order chi connectivity index (χ1) is 9.30. The van der Waals surface area contributed by atoms with Gasteiger partial charge in [-0.15, -0.1) is 0 Å². The van der Waals surface area contributed by atoms with Crippen molar-refractivity contribution < 1.29 is 4.74 Å². The van der Waals surface area contributed by atoms with E-state index < -0.39 is 0 Å². The molecule has 0 spiro atoms. The SMILES string of the molecule is Cc1ccc(Cl)cc1NC1CC(OCC(C)C)C1(C)C. The van der Waals surface area contributed by atoms with Crippen molar-refractivity contribution in [2.24, 2.45) is 11.3 Å². The molecule has 3 heteroatoms. The number of anilines is 1. The minimum atomic E-state index is 0.156. The van der Waals surface area contributed by atoms with Gasteiger partial charge >= 0.3 is 0 Å². The molecule has 2 unspecified atom stereocenters. The van der Waals surface area contributed by atoms with E-state index in [1.54, 1.807) is 0 Å². The molecule has 0 bridgehead atoms. The van der Waals surface area contributed by atoms with E-state index in [0.717, 1.165) is 23.7 Å². The molecule has 0 amide bonds. The van der Waals surface area contributed by atoms with Gasteiger partial charge in [-0.1, -0.05) is 45.4 Å². The highest BCUT2D eigenvalue weighted by Crippen LogP contribution is 2.45. The van der Waals surface area contributed by atoms with Crippen LogP contribution >= 0.6 is 11.6 Å². The summed E-state index contributed by atoms with van der Waals surface area (Å²) in [5.41, 5.74) is 2.53. The lowest BCUT2D eigenvalue weighted by atomic mass is 9.64. The highest BCUT2D eigenvalue weighted by Gasteiger charge is 2.49. The number of benzene rings is 1. The van der Waals surface area contributed by atoms with Crippen LogP contribution in [0.15, 0.2) is 18.2 Å². The van der Waals surface area contributed by atoms with Crippen molar-refractivity contribution in [1.82, 2.24) is 0 Å². The molecule has 0 heterocycles. The Morgan fingerprint density at radius 1 is 1.40 bits per heavy atom. The molecule has 1 N–H and O–H groups in total. The van der Waals surface area contributed by atoms with E-state index in [4.69, 9.17) is 16.3 Å². The van der Waals surface area contributed by atoms with Crippen molar-refractivity contribution in [2.75, 3.05) is 11.9 Å². The number of nitrogens with one attached hydrogen (secondary N) is 1. The molecule has 1 aliphatic rings. The zero-order chi connectivity index (χ0) is 14.9. The maximum absolute atomic E-state index is 6.08. The smallest absolute Gasteiger partial charge is 0.0665 e. The summed E-state index contributed by atoms with van der Waals surface area (Å²) >= 11 is 6.08. The van der Waals surface area contributed by atoms with E-state index >= 15 is 0 Å². The topological polar surface area (TPSA) is 21.3 Å². The van der Waals surface area contributed by atoms with E-state index in [-0.39, 0.29) is 5.41 Å². The third-order valence-corrected chi connectivity index (χ3v) is 4.57. The van der Waals surface area contributed by atoms with E-state index in [2.05, 4.69) is 46.0 Å². The molecule has 0 radical (unpaired) electrons. The van der Waals surface area contributed by atoms with Gasteiger partial charge in [-0.3, -0.25) is 0 Å². The summed E-state index contributed by atoms with van der Waals surface area (Å²) in [5.74, 6) is 0.591. The quantitative estimate of drug-likeness (QED) is 0.834. The summed E-state index contributed by atoms with van der Waals surface area (Å²) in [7, 11) is 0. The van der Waals surface area contributed by atoms with Gasteiger partial charge in [-0.05, 0) is 37.0 Å². The van der Waals surface area contributed by atoms with E-state index in [9.17, 15) is 0 Å². The lowest BCUT2D eigenvalue weighted by Crippen LogP contribution is -2.58. The molecular formula is C17H26ClNO. The van der Waals surface area contributed by atoms with Crippen molar-refractivity contribution in [3.8, 4) is 0 Å². The molecule has 1 saturated carbocycles. The number of ether oxygens (including phenoxy) is 1. The Kier molecular flexibility index (Phi) is 4.66. The van der Waals surface area contributed by atoms with Gasteiger partial charge in [0.15, 0.2) is 0 Å². The second-order valence-corrected chi connectivity index (χ2v) is 7.37. The molecule has 2 atom stereocenters. The van der Waals surface area contributed by atoms with Crippen LogP contribution in [0.4, 0.5) is 5.69 Å². The van der Waals surface area contributed by atoms with Crippen LogP contribution in [0, 0.1) is 18.3 Å². The minimum Gasteiger partial charge on any atom is -0.381 e. The summed E-state index contributed by atoms with van der Waals surface area (Å²) in [4.78, 5) is 0. The van der Waals surface area contributed by atoms with Crippen molar-refractivity contribution in [3.05, 3.63) is 28.8 Å². The second kappa shape index (κ2) is 5.95. The third kappa shape index (κ3) is 3.29. The highest BCUT2D eigenvalue weighted by molar-refractivity contribution is 6.30. The summed E-state index contributed by atoms with van der Waals surface area (Å²) in [6.07, 6.45) is 1.41. The largest absolute Gasteiger partial charge is 0.381 e. The molecule has 1 aromatic carbocycles. The summed E-state index contributed by atoms with van der Waals surface area (Å²) in [5, 5.41) is 4.41. The van der Waals surface area contributed by atoms with Crippen LogP contribution in [0.2, 0.25) is 5.02 Å². The Hall–Kier alpha value is -0.730. The Balaban J connectivity index is 1.97. The fraction of sp³-hybridized carbons (Fsp3) is 0.647. The molecule has 2 rings (SSSR count). The second-order valence-electron chi connectivity index (χ2n) is 6.93. The molecule has 20 heavy (non-hydrogen) atoms. The van der Waals surface area contributed by atoms with Gasteiger partial charge in [0, 0.05) is 28.8 Å². The number of rotatable bonds is 5. The Labute approximate surface area is 127 Å². The fourth-order valence-electron chi connectivity index (χ4n) is 2.66. The first-order valence-corrected chi connectivity index (χ1v) is 7.82. The van der Waals surface area contributed by atoms with E-state index in [0.29, 0.717) is 18.1 Å². The van der Waals surface area contributed by atoms with Crippen molar-refractivity contribution in [1.29, 1.82) is 0 Å². The Morgan fingerprint density at radius 3 is 2.70 bits per heavy atom. The molecule has 2 nitrogen and oxygen atoms in total. The van der Waals surface area contributed by atoms with Gasteiger partial charge in [-0.2, -0.15) is 0 Å². The lowest BCUT2D eigenvalue weighted by molar-refractivity contribution is -0.108. The van der Waals surface area contributed by atoms with Gasteiger partial charge < -0.3 is 10.1 Å². The highest BCUT2D eigenvalue weighted by atomic mass is 35.5. The monoisotopic (exact) mass is 295 g/mol. The van der Waals surface area contributed by atoms with E-state index in [1.807, 2.05) is 12.1 Å². The summed E-state index contributed by atoms with van der Waals surface area (Å²) < 4.78 is 6.01. The van der Waals surface area contributed by atoms with Crippen LogP contribution in [0.3, 0.4) is 0 Å². The molecule has 1 aromatic rings.